The number of carboxylic acids is 1. The van der Waals surface area contributed by atoms with Crippen LogP contribution in [0.4, 0.5) is 0 Å². The van der Waals surface area contributed by atoms with Gasteiger partial charge in [0.1, 0.15) is 6.04 Å². The molecule has 0 aliphatic carbocycles. The molecule has 2 bridgehead atoms. The van der Waals surface area contributed by atoms with Gasteiger partial charge in [-0.2, -0.15) is 0 Å². The van der Waals surface area contributed by atoms with Crippen LogP contribution in [0, 0.1) is 5.92 Å². The predicted octanol–water partition coefficient (Wildman–Crippen LogP) is 0.165. The van der Waals surface area contributed by atoms with Gasteiger partial charge < -0.3 is 5.11 Å². The van der Waals surface area contributed by atoms with Gasteiger partial charge >= 0.3 is 5.97 Å². The van der Waals surface area contributed by atoms with Gasteiger partial charge in [-0.15, -0.1) is 0 Å². The van der Waals surface area contributed by atoms with Crippen LogP contribution in [-0.2, 0) is 4.79 Å². The predicted molar refractivity (Wildman–Crippen MR) is 35.7 cm³/mol. The van der Waals surface area contributed by atoms with Crippen LogP contribution in [0.1, 0.15) is 12.8 Å². The average Bonchev–Trinajstić information content (AvgIpc) is 2.44. The van der Waals surface area contributed by atoms with Gasteiger partial charge in [0.05, 0.1) is 0 Å². The zero-order chi connectivity index (χ0) is 7.14. The fourth-order valence-electron chi connectivity index (χ4n) is 2.06. The maximum Gasteiger partial charge on any atom is 0.320 e. The van der Waals surface area contributed by atoms with Crippen LogP contribution in [0.3, 0.4) is 0 Å². The lowest BCUT2D eigenvalue weighted by molar-refractivity contribution is -0.142. The lowest BCUT2D eigenvalue weighted by atomic mass is 10.0. The molecule has 0 amide bonds. The zero-order valence-corrected chi connectivity index (χ0v) is 5.79. The summed E-state index contributed by atoms with van der Waals surface area (Å²) in [5.74, 6) is 0.0447. The molecule has 0 aromatic heterocycles. The number of piperidine rings is 1. The lowest BCUT2D eigenvalue weighted by Crippen LogP contribution is -2.36. The number of hydrogen-bond acceptors (Lipinski definition) is 2. The molecule has 1 N–H and O–H groups in total. The molecule has 3 nitrogen and oxygen atoms in total. The minimum Gasteiger partial charge on any atom is -0.480 e. The first-order chi connectivity index (χ1) is 4.77. The second-order valence-corrected chi connectivity index (χ2v) is 3.24. The topological polar surface area (TPSA) is 40.5 Å². The molecule has 2 aliphatic rings. The van der Waals surface area contributed by atoms with Gasteiger partial charge in [0.2, 0.25) is 0 Å². The highest BCUT2D eigenvalue weighted by molar-refractivity contribution is 5.74. The highest BCUT2D eigenvalue weighted by Crippen LogP contribution is 2.32. The van der Waals surface area contributed by atoms with Gasteiger partial charge in [-0.3, -0.25) is 9.69 Å². The van der Waals surface area contributed by atoms with E-state index in [9.17, 15) is 4.79 Å². The Hall–Kier alpha value is -0.570. The van der Waals surface area contributed by atoms with Gasteiger partial charge in [0, 0.05) is 6.54 Å². The van der Waals surface area contributed by atoms with Crippen molar-refractivity contribution in [2.24, 2.45) is 5.92 Å². The molecule has 2 fully saturated rings. The number of aliphatic carboxylic acids is 1. The molecule has 2 rings (SSSR count). The van der Waals surface area contributed by atoms with Crippen molar-refractivity contribution < 1.29 is 9.90 Å². The third-order valence-electron chi connectivity index (χ3n) is 2.60. The van der Waals surface area contributed by atoms with Crippen molar-refractivity contribution in [1.29, 1.82) is 0 Å². The van der Waals surface area contributed by atoms with E-state index in [1.54, 1.807) is 0 Å². The molecule has 3 unspecified atom stereocenters. The number of carbonyl (C=O) groups is 1. The molecule has 56 valence electrons. The smallest absolute Gasteiger partial charge is 0.320 e. The van der Waals surface area contributed by atoms with E-state index in [-0.39, 0.29) is 6.04 Å². The first-order valence-electron chi connectivity index (χ1n) is 3.74. The van der Waals surface area contributed by atoms with Crippen molar-refractivity contribution in [2.45, 2.75) is 18.9 Å². The Labute approximate surface area is 59.6 Å². The number of nitrogens with zero attached hydrogens (tertiary/aromatic N) is 1. The molecule has 0 aromatic carbocycles. The first-order valence-corrected chi connectivity index (χ1v) is 3.74. The fourth-order valence-corrected chi connectivity index (χ4v) is 2.06. The van der Waals surface area contributed by atoms with E-state index in [0.717, 1.165) is 19.5 Å². The Kier molecular flexibility index (Phi) is 1.20. The summed E-state index contributed by atoms with van der Waals surface area (Å²) in [6.07, 6.45) is 2.10. The van der Waals surface area contributed by atoms with Crippen LogP contribution in [0.25, 0.3) is 0 Å². The van der Waals surface area contributed by atoms with E-state index in [1.807, 2.05) is 0 Å². The Morgan fingerprint density at radius 2 is 2.40 bits per heavy atom. The van der Waals surface area contributed by atoms with Gasteiger partial charge in [-0.05, 0) is 25.3 Å². The molecule has 0 spiro atoms. The van der Waals surface area contributed by atoms with Gasteiger partial charge in [-0.25, -0.2) is 0 Å². The van der Waals surface area contributed by atoms with Gasteiger partial charge in [-0.1, -0.05) is 0 Å². The maximum atomic E-state index is 10.5. The van der Waals surface area contributed by atoms with Crippen LogP contribution >= 0.6 is 0 Å². The molecular weight excluding hydrogens is 130 g/mol. The molecule has 0 saturated carbocycles. The molecule has 2 aliphatic heterocycles. The number of fused-ring (bicyclic) bond motifs is 2. The zero-order valence-electron chi connectivity index (χ0n) is 5.79. The molecule has 3 atom stereocenters. The van der Waals surface area contributed by atoms with Crippen molar-refractivity contribution >= 4 is 5.97 Å². The summed E-state index contributed by atoms with van der Waals surface area (Å²) in [5.41, 5.74) is 0. The molecule has 2 heterocycles. The van der Waals surface area contributed by atoms with Crippen LogP contribution < -0.4 is 0 Å². The fraction of sp³-hybridized carbons (Fsp3) is 0.857. The van der Waals surface area contributed by atoms with E-state index in [0.29, 0.717) is 5.92 Å². The Balaban J connectivity index is 2.08. The summed E-state index contributed by atoms with van der Waals surface area (Å²) in [6, 6.07) is -0.154. The Morgan fingerprint density at radius 1 is 1.60 bits per heavy atom. The van der Waals surface area contributed by atoms with Crippen LogP contribution in [0.15, 0.2) is 0 Å². The first kappa shape index (κ1) is 6.16. The number of rotatable bonds is 1. The SMILES string of the molecule is O=C(O)C1CC2CCN1C2. The monoisotopic (exact) mass is 141 g/mol. The van der Waals surface area contributed by atoms with Crippen molar-refractivity contribution in [2.75, 3.05) is 13.1 Å². The summed E-state index contributed by atoms with van der Waals surface area (Å²) in [4.78, 5) is 12.6. The second kappa shape index (κ2) is 1.95. The van der Waals surface area contributed by atoms with Crippen LogP contribution in [-0.4, -0.2) is 35.1 Å². The van der Waals surface area contributed by atoms with E-state index >= 15 is 0 Å². The molecule has 2 saturated heterocycles. The van der Waals surface area contributed by atoms with Crippen molar-refractivity contribution in [3.05, 3.63) is 0 Å². The summed E-state index contributed by atoms with van der Waals surface area (Å²) in [5, 5.41) is 8.69. The van der Waals surface area contributed by atoms with E-state index in [2.05, 4.69) is 4.90 Å². The van der Waals surface area contributed by atoms with Crippen molar-refractivity contribution in [3.8, 4) is 0 Å². The van der Waals surface area contributed by atoms with Crippen molar-refractivity contribution in [3.63, 3.8) is 0 Å². The maximum absolute atomic E-state index is 10.5. The van der Waals surface area contributed by atoms with Crippen LogP contribution in [0.2, 0.25) is 0 Å². The lowest BCUT2D eigenvalue weighted by Gasteiger charge is -2.19. The van der Waals surface area contributed by atoms with Gasteiger partial charge in [0.25, 0.3) is 0 Å². The van der Waals surface area contributed by atoms with E-state index in [4.69, 9.17) is 5.11 Å². The average molecular weight is 141 g/mol. The molecular formula is C7H11NO2. The Bertz CT molecular complexity index is 169. The van der Waals surface area contributed by atoms with E-state index < -0.39 is 5.97 Å². The second-order valence-electron chi connectivity index (χ2n) is 3.24. The third kappa shape index (κ3) is 0.736. The summed E-state index contributed by atoms with van der Waals surface area (Å²) < 4.78 is 0. The molecule has 0 aromatic rings. The van der Waals surface area contributed by atoms with Gasteiger partial charge in [0.15, 0.2) is 0 Å². The highest BCUT2D eigenvalue weighted by Gasteiger charge is 2.40. The number of carboxylic acid groups (broad SMARTS) is 1. The quantitative estimate of drug-likeness (QED) is 0.565. The summed E-state index contributed by atoms with van der Waals surface area (Å²) >= 11 is 0. The highest BCUT2D eigenvalue weighted by atomic mass is 16.4. The largest absolute Gasteiger partial charge is 0.480 e. The minimum absolute atomic E-state index is 0.154. The van der Waals surface area contributed by atoms with Crippen LogP contribution in [0.5, 0.6) is 0 Å². The third-order valence-corrected chi connectivity index (χ3v) is 2.60. The Morgan fingerprint density at radius 3 is 2.70 bits per heavy atom. The number of hydrogen-bond donors (Lipinski definition) is 1. The summed E-state index contributed by atoms with van der Waals surface area (Å²) in [6.45, 7) is 2.03. The van der Waals surface area contributed by atoms with Crippen molar-refractivity contribution in [1.82, 2.24) is 4.90 Å². The minimum atomic E-state index is -0.637. The molecule has 10 heavy (non-hydrogen) atoms. The molecule has 0 radical (unpaired) electrons. The standard InChI is InChI=1S/C7H11NO2/c9-7(10)6-3-5-1-2-8(6)4-5/h5-6H,1-4H2,(H,9,10). The summed E-state index contributed by atoms with van der Waals surface area (Å²) in [7, 11) is 0. The molecule has 3 heteroatoms. The van der Waals surface area contributed by atoms with E-state index in [1.165, 1.54) is 6.42 Å². The normalized spacial score (nSPS) is 44.2.